The van der Waals surface area contributed by atoms with E-state index in [9.17, 15) is 0 Å². The summed E-state index contributed by atoms with van der Waals surface area (Å²) in [6.07, 6.45) is 10.9. The Morgan fingerprint density at radius 1 is 1.06 bits per heavy atom. The second-order valence-electron chi connectivity index (χ2n) is 8.18. The zero-order valence-electron chi connectivity index (χ0n) is 17.8. The topological polar surface area (TPSA) is 123 Å². The summed E-state index contributed by atoms with van der Waals surface area (Å²) in [6.45, 7) is 1.47. The number of rotatable bonds is 9. The van der Waals surface area contributed by atoms with E-state index in [1.807, 2.05) is 6.33 Å². The molecule has 31 heavy (non-hydrogen) atoms. The number of nitrogens with one attached hydrogen (secondary N) is 2. The van der Waals surface area contributed by atoms with Crippen molar-refractivity contribution in [3.05, 3.63) is 6.33 Å². The molecule has 0 bridgehead atoms. The molecule has 0 saturated heterocycles. The highest BCUT2D eigenvalue weighted by atomic mass is 35.5. The smallest absolute Gasteiger partial charge is 0.227 e. The number of aliphatic hydroxyl groups excluding tert-OH is 1. The molecule has 4 rings (SSSR count). The molecule has 176 valence electrons. The maximum absolute atomic E-state index is 8.84. The third-order valence-electron chi connectivity index (χ3n) is 6.02. The van der Waals surface area contributed by atoms with E-state index in [0.717, 1.165) is 42.7 Å². The van der Waals surface area contributed by atoms with E-state index < -0.39 is 0 Å². The Balaban J connectivity index is 0.00000171. The summed E-state index contributed by atoms with van der Waals surface area (Å²) in [7, 11) is 0. The lowest BCUT2D eigenvalue weighted by Crippen LogP contribution is -2.33. The van der Waals surface area contributed by atoms with Gasteiger partial charge in [-0.3, -0.25) is 0 Å². The van der Waals surface area contributed by atoms with Crippen molar-refractivity contribution >= 4 is 47.7 Å². The van der Waals surface area contributed by atoms with Crippen LogP contribution in [0.1, 0.15) is 57.4 Å². The fourth-order valence-corrected chi connectivity index (χ4v) is 4.41. The van der Waals surface area contributed by atoms with Crippen molar-refractivity contribution in [2.45, 2.75) is 69.5 Å². The van der Waals surface area contributed by atoms with Gasteiger partial charge in [-0.15, -0.1) is 24.8 Å². The van der Waals surface area contributed by atoms with Crippen LogP contribution in [-0.4, -0.2) is 63.1 Å². The Hall–Kier alpha value is -1.39. The quantitative estimate of drug-likeness (QED) is 0.408. The predicted octanol–water partition coefficient (Wildman–Crippen LogP) is 2.89. The van der Waals surface area contributed by atoms with Crippen LogP contribution in [0.4, 0.5) is 11.8 Å². The van der Waals surface area contributed by atoms with E-state index >= 15 is 0 Å². The summed E-state index contributed by atoms with van der Waals surface area (Å²) in [4.78, 5) is 14.2. The summed E-state index contributed by atoms with van der Waals surface area (Å²) in [6, 6.07) is 1.14. The molecule has 11 heteroatoms. The zero-order valence-corrected chi connectivity index (χ0v) is 19.5. The van der Waals surface area contributed by atoms with E-state index in [2.05, 4.69) is 20.2 Å². The van der Waals surface area contributed by atoms with Gasteiger partial charge in [0.15, 0.2) is 17.0 Å². The normalized spacial score (nSPS) is 21.5. The molecule has 0 aliphatic heterocycles. The molecule has 0 amide bonds. The standard InChI is InChI=1S/C20H33N7O2.2ClH/c21-14-5-7-15(8-6-14)24-20-25-18(22-9-11-29-12-10-28)17-19(26-20)27(13-23-17)16-3-1-2-4-16;;/h13-16,28H,1-12,21H2,(H2,22,24,25,26);2*1H/t14-,15-;;. The molecular weight excluding hydrogens is 441 g/mol. The Morgan fingerprint density at radius 3 is 2.52 bits per heavy atom. The van der Waals surface area contributed by atoms with Gasteiger partial charge in [0.25, 0.3) is 0 Å². The summed E-state index contributed by atoms with van der Waals surface area (Å²) < 4.78 is 7.58. The van der Waals surface area contributed by atoms with Gasteiger partial charge >= 0.3 is 0 Å². The van der Waals surface area contributed by atoms with Gasteiger partial charge in [-0.2, -0.15) is 9.97 Å². The number of anilines is 2. The number of nitrogens with zero attached hydrogens (tertiary/aromatic N) is 4. The summed E-state index contributed by atoms with van der Waals surface area (Å²) in [5.74, 6) is 1.38. The fraction of sp³-hybridized carbons (Fsp3) is 0.750. The molecule has 2 aliphatic rings. The monoisotopic (exact) mass is 475 g/mol. The number of hydrogen-bond acceptors (Lipinski definition) is 8. The molecule has 2 aromatic rings. The fourth-order valence-electron chi connectivity index (χ4n) is 4.41. The van der Waals surface area contributed by atoms with Crippen LogP contribution in [0.5, 0.6) is 0 Å². The van der Waals surface area contributed by atoms with E-state index in [-0.39, 0.29) is 31.4 Å². The van der Waals surface area contributed by atoms with Crippen LogP contribution < -0.4 is 16.4 Å². The summed E-state index contributed by atoms with van der Waals surface area (Å²) >= 11 is 0. The highest BCUT2D eigenvalue weighted by molar-refractivity contribution is 5.86. The first kappa shape index (κ1) is 25.9. The zero-order chi connectivity index (χ0) is 20.1. The number of ether oxygens (including phenoxy) is 1. The van der Waals surface area contributed by atoms with E-state index in [4.69, 9.17) is 25.5 Å². The maximum atomic E-state index is 8.84. The molecule has 9 nitrogen and oxygen atoms in total. The molecule has 0 spiro atoms. The van der Waals surface area contributed by atoms with E-state index in [1.54, 1.807) is 0 Å². The van der Waals surface area contributed by atoms with Gasteiger partial charge in [-0.1, -0.05) is 12.8 Å². The Labute approximate surface area is 195 Å². The van der Waals surface area contributed by atoms with Crippen LogP contribution >= 0.6 is 24.8 Å². The number of halogens is 2. The third kappa shape index (κ3) is 6.55. The number of fused-ring (bicyclic) bond motifs is 1. The lowest BCUT2D eigenvalue weighted by atomic mass is 9.92. The second-order valence-corrected chi connectivity index (χ2v) is 8.18. The summed E-state index contributed by atoms with van der Waals surface area (Å²) in [5, 5.41) is 15.7. The van der Waals surface area contributed by atoms with Crippen LogP contribution in [0.15, 0.2) is 6.33 Å². The molecule has 0 atom stereocenters. The second kappa shape index (κ2) is 12.6. The molecule has 2 aliphatic carbocycles. The minimum absolute atomic E-state index is 0. The molecule has 0 radical (unpaired) electrons. The Kier molecular flexibility index (Phi) is 10.5. The molecule has 2 heterocycles. The van der Waals surface area contributed by atoms with Crippen molar-refractivity contribution in [1.29, 1.82) is 0 Å². The lowest BCUT2D eigenvalue weighted by Gasteiger charge is -2.27. The van der Waals surface area contributed by atoms with Crippen LogP contribution in [0.25, 0.3) is 11.2 Å². The third-order valence-corrected chi connectivity index (χ3v) is 6.02. The van der Waals surface area contributed by atoms with E-state index in [0.29, 0.717) is 43.8 Å². The molecule has 0 unspecified atom stereocenters. The van der Waals surface area contributed by atoms with Crippen molar-refractivity contribution in [2.24, 2.45) is 5.73 Å². The highest BCUT2D eigenvalue weighted by Gasteiger charge is 2.23. The van der Waals surface area contributed by atoms with Gasteiger partial charge in [-0.05, 0) is 38.5 Å². The highest BCUT2D eigenvalue weighted by Crippen LogP contribution is 2.33. The Bertz CT molecular complexity index is 793. The lowest BCUT2D eigenvalue weighted by molar-refractivity contribution is 0.0992. The minimum atomic E-state index is 0. The minimum Gasteiger partial charge on any atom is -0.394 e. The number of hydrogen-bond donors (Lipinski definition) is 4. The SMILES string of the molecule is Cl.Cl.N[C@H]1CC[C@H](Nc2nc(NCCOCCO)c3ncn(C4CCCC4)c3n2)CC1. The molecule has 0 aromatic carbocycles. The number of imidazole rings is 1. The maximum Gasteiger partial charge on any atom is 0.227 e. The van der Waals surface area contributed by atoms with Gasteiger partial charge in [0.05, 0.1) is 26.1 Å². The van der Waals surface area contributed by atoms with Gasteiger partial charge < -0.3 is 30.8 Å². The average molecular weight is 476 g/mol. The molecular formula is C20H35Cl2N7O2. The molecule has 2 saturated carbocycles. The predicted molar refractivity (Wildman–Crippen MR) is 128 cm³/mol. The first-order chi connectivity index (χ1) is 14.2. The average Bonchev–Trinajstić information content (AvgIpc) is 3.39. The first-order valence-electron chi connectivity index (χ1n) is 10.9. The van der Waals surface area contributed by atoms with Crippen molar-refractivity contribution in [1.82, 2.24) is 19.5 Å². The van der Waals surface area contributed by atoms with Crippen molar-refractivity contribution in [3.63, 3.8) is 0 Å². The molecule has 2 fully saturated rings. The Morgan fingerprint density at radius 2 is 1.81 bits per heavy atom. The van der Waals surface area contributed by atoms with Gasteiger partial charge in [0.2, 0.25) is 5.95 Å². The van der Waals surface area contributed by atoms with Crippen LogP contribution in [0, 0.1) is 0 Å². The summed E-state index contributed by atoms with van der Waals surface area (Å²) in [5.41, 5.74) is 7.74. The van der Waals surface area contributed by atoms with Crippen LogP contribution in [0.2, 0.25) is 0 Å². The van der Waals surface area contributed by atoms with Crippen LogP contribution in [-0.2, 0) is 4.74 Å². The van der Waals surface area contributed by atoms with E-state index in [1.165, 1.54) is 25.7 Å². The number of nitrogens with two attached hydrogens (primary N) is 1. The first-order valence-corrected chi connectivity index (χ1v) is 10.9. The molecule has 2 aromatic heterocycles. The number of aromatic nitrogens is 4. The largest absolute Gasteiger partial charge is 0.394 e. The van der Waals surface area contributed by atoms with Crippen molar-refractivity contribution in [2.75, 3.05) is 37.0 Å². The number of aliphatic hydroxyl groups is 1. The molecule has 5 N–H and O–H groups in total. The van der Waals surface area contributed by atoms with Crippen molar-refractivity contribution < 1.29 is 9.84 Å². The van der Waals surface area contributed by atoms with Crippen LogP contribution in [0.3, 0.4) is 0 Å². The van der Waals surface area contributed by atoms with Gasteiger partial charge in [0, 0.05) is 24.7 Å². The van der Waals surface area contributed by atoms with Gasteiger partial charge in [0.1, 0.15) is 0 Å². The van der Waals surface area contributed by atoms with Gasteiger partial charge in [-0.25, -0.2) is 4.98 Å². The van der Waals surface area contributed by atoms with Crippen molar-refractivity contribution in [3.8, 4) is 0 Å².